The van der Waals surface area contributed by atoms with Crippen LogP contribution in [0.25, 0.3) is 10.2 Å². The molecule has 0 saturated heterocycles. The van der Waals surface area contributed by atoms with Crippen LogP contribution in [0.2, 0.25) is 0 Å². The zero-order valence-electron chi connectivity index (χ0n) is 17.0. The highest BCUT2D eigenvalue weighted by atomic mass is 32.2. The summed E-state index contributed by atoms with van der Waals surface area (Å²) in [5.41, 5.74) is 2.79. The van der Waals surface area contributed by atoms with Crippen molar-refractivity contribution in [2.75, 3.05) is 6.54 Å². The second kappa shape index (κ2) is 8.74. The summed E-state index contributed by atoms with van der Waals surface area (Å²) in [5, 5.41) is 2.46. The fourth-order valence-corrected chi connectivity index (χ4v) is 7.60. The van der Waals surface area contributed by atoms with Crippen LogP contribution in [0.3, 0.4) is 0 Å². The Labute approximate surface area is 194 Å². The molecular weight excluding hydrogens is 464 g/mol. The minimum Gasteiger partial charge on any atom is -0.458 e. The highest BCUT2D eigenvalue weighted by Crippen LogP contribution is 2.37. The first kappa shape index (κ1) is 21.3. The van der Waals surface area contributed by atoms with Crippen LogP contribution in [0, 0.1) is 0 Å². The smallest absolute Gasteiger partial charge is 0.308 e. The van der Waals surface area contributed by atoms with E-state index in [0.717, 1.165) is 21.3 Å². The molecule has 4 aromatic rings. The second-order valence-electron chi connectivity index (χ2n) is 7.45. The van der Waals surface area contributed by atoms with Crippen molar-refractivity contribution in [1.29, 1.82) is 0 Å². The lowest BCUT2D eigenvalue weighted by Gasteiger charge is -2.35. The quantitative estimate of drug-likeness (QED) is 0.368. The molecule has 3 heterocycles. The number of ether oxygens (including phenoxy) is 1. The van der Waals surface area contributed by atoms with Crippen molar-refractivity contribution in [1.82, 2.24) is 9.29 Å². The number of nitrogens with zero attached hydrogens (tertiary/aromatic N) is 2. The largest absolute Gasteiger partial charge is 0.458 e. The van der Waals surface area contributed by atoms with E-state index in [1.165, 1.54) is 27.0 Å². The van der Waals surface area contributed by atoms with Crippen LogP contribution in [0.5, 0.6) is 0 Å². The molecular formula is C23H20N2O4S3. The van der Waals surface area contributed by atoms with E-state index in [4.69, 9.17) is 4.74 Å². The van der Waals surface area contributed by atoms with Gasteiger partial charge in [0.25, 0.3) is 10.0 Å². The van der Waals surface area contributed by atoms with Crippen LogP contribution in [0.4, 0.5) is 0 Å². The summed E-state index contributed by atoms with van der Waals surface area (Å²) >= 11 is 2.67. The summed E-state index contributed by atoms with van der Waals surface area (Å²) in [6.07, 6.45) is 0.560. The van der Waals surface area contributed by atoms with E-state index in [-0.39, 0.29) is 17.2 Å². The molecule has 2 aromatic heterocycles. The number of thiazole rings is 1. The van der Waals surface area contributed by atoms with Gasteiger partial charge in [-0.05, 0) is 41.1 Å². The van der Waals surface area contributed by atoms with E-state index in [1.807, 2.05) is 48.5 Å². The molecule has 1 aliphatic rings. The van der Waals surface area contributed by atoms with Crippen molar-refractivity contribution >= 4 is 48.9 Å². The third kappa shape index (κ3) is 4.09. The molecule has 0 bridgehead atoms. The number of carbonyl (C=O) groups is 1. The predicted molar refractivity (Wildman–Crippen MR) is 125 cm³/mol. The minimum absolute atomic E-state index is 0.0491. The van der Waals surface area contributed by atoms with Gasteiger partial charge in [-0.15, -0.1) is 22.7 Å². The highest BCUT2D eigenvalue weighted by molar-refractivity contribution is 7.91. The van der Waals surface area contributed by atoms with Gasteiger partial charge in [-0.3, -0.25) is 4.79 Å². The fourth-order valence-electron chi connectivity index (χ4n) is 3.99. The van der Waals surface area contributed by atoms with Crippen molar-refractivity contribution in [3.8, 4) is 0 Å². The molecule has 6 nitrogen and oxygen atoms in total. The standard InChI is InChI=1S/C23H20N2O4S3/c26-22(29-15-21-24-18-8-3-4-9-20(18)31-21)14-19-17-7-2-1-6-16(17)11-12-25(19)32(27,28)23-10-5-13-30-23/h1-10,13,19H,11-12,14-15H2. The number of fused-ring (bicyclic) bond motifs is 2. The molecule has 0 aliphatic carbocycles. The number of hydrogen-bond donors (Lipinski definition) is 0. The summed E-state index contributed by atoms with van der Waals surface area (Å²) in [6.45, 7) is 0.400. The molecule has 0 N–H and O–H groups in total. The minimum atomic E-state index is -3.71. The normalized spacial score (nSPS) is 16.7. The van der Waals surface area contributed by atoms with Crippen LogP contribution >= 0.6 is 22.7 Å². The summed E-state index contributed by atoms with van der Waals surface area (Å²) in [4.78, 5) is 17.3. The Morgan fingerprint density at radius 3 is 2.72 bits per heavy atom. The van der Waals surface area contributed by atoms with Gasteiger partial charge in [0.05, 0.1) is 22.7 Å². The number of carbonyl (C=O) groups excluding carboxylic acids is 1. The van der Waals surface area contributed by atoms with Crippen molar-refractivity contribution < 1.29 is 17.9 Å². The number of benzene rings is 2. The van der Waals surface area contributed by atoms with Crippen molar-refractivity contribution in [3.63, 3.8) is 0 Å². The molecule has 9 heteroatoms. The van der Waals surface area contributed by atoms with Gasteiger partial charge >= 0.3 is 5.97 Å². The van der Waals surface area contributed by atoms with Crippen LogP contribution in [0.15, 0.2) is 70.3 Å². The van der Waals surface area contributed by atoms with E-state index in [2.05, 4.69) is 4.98 Å². The monoisotopic (exact) mass is 484 g/mol. The Bertz CT molecular complexity index is 1330. The molecule has 2 aromatic carbocycles. The van der Waals surface area contributed by atoms with Gasteiger partial charge in [-0.2, -0.15) is 4.31 Å². The van der Waals surface area contributed by atoms with E-state index in [1.54, 1.807) is 17.5 Å². The molecule has 0 saturated carbocycles. The maximum atomic E-state index is 13.3. The van der Waals surface area contributed by atoms with Crippen molar-refractivity contribution in [2.45, 2.75) is 29.7 Å². The fraction of sp³-hybridized carbons (Fsp3) is 0.217. The molecule has 1 unspecified atom stereocenters. The Balaban J connectivity index is 1.37. The first-order valence-corrected chi connectivity index (χ1v) is 13.3. The Kier molecular flexibility index (Phi) is 5.81. The molecule has 32 heavy (non-hydrogen) atoms. The van der Waals surface area contributed by atoms with Crippen LogP contribution in [-0.4, -0.2) is 30.2 Å². The molecule has 0 spiro atoms. The van der Waals surface area contributed by atoms with Crippen LogP contribution in [0.1, 0.15) is 28.6 Å². The summed E-state index contributed by atoms with van der Waals surface area (Å²) in [6, 6.07) is 18.2. The van der Waals surface area contributed by atoms with Gasteiger partial charge in [0.15, 0.2) is 0 Å². The number of sulfonamides is 1. The zero-order valence-corrected chi connectivity index (χ0v) is 19.5. The van der Waals surface area contributed by atoms with Crippen molar-refractivity contribution in [2.24, 2.45) is 0 Å². The molecule has 1 atom stereocenters. The first-order chi connectivity index (χ1) is 15.5. The van der Waals surface area contributed by atoms with Gasteiger partial charge in [-0.25, -0.2) is 13.4 Å². The summed E-state index contributed by atoms with van der Waals surface area (Å²) < 4.78 is 34.9. The van der Waals surface area contributed by atoms with Crippen LogP contribution in [-0.2, 0) is 32.6 Å². The molecule has 0 fully saturated rings. The van der Waals surface area contributed by atoms with Gasteiger partial charge in [0.1, 0.15) is 15.8 Å². The molecule has 1 aliphatic heterocycles. The summed E-state index contributed by atoms with van der Waals surface area (Å²) in [5.74, 6) is -0.447. The summed E-state index contributed by atoms with van der Waals surface area (Å²) in [7, 11) is -3.71. The van der Waals surface area contributed by atoms with E-state index < -0.39 is 22.0 Å². The number of aromatic nitrogens is 1. The van der Waals surface area contributed by atoms with Gasteiger partial charge in [-0.1, -0.05) is 42.5 Å². The lowest BCUT2D eigenvalue weighted by Crippen LogP contribution is -2.40. The Hall–Kier alpha value is -2.59. The highest BCUT2D eigenvalue weighted by Gasteiger charge is 2.38. The maximum absolute atomic E-state index is 13.3. The Morgan fingerprint density at radius 2 is 1.91 bits per heavy atom. The lowest BCUT2D eigenvalue weighted by atomic mass is 9.92. The Morgan fingerprint density at radius 1 is 1.09 bits per heavy atom. The van der Waals surface area contributed by atoms with E-state index >= 15 is 0 Å². The number of rotatable bonds is 6. The average molecular weight is 485 g/mol. The number of para-hydroxylation sites is 1. The van der Waals surface area contributed by atoms with E-state index in [0.29, 0.717) is 18.0 Å². The maximum Gasteiger partial charge on any atom is 0.308 e. The number of thiophene rings is 1. The van der Waals surface area contributed by atoms with Gasteiger partial charge < -0.3 is 4.74 Å². The van der Waals surface area contributed by atoms with Crippen molar-refractivity contribution in [3.05, 3.63) is 82.2 Å². The van der Waals surface area contributed by atoms with Crippen LogP contribution < -0.4 is 0 Å². The van der Waals surface area contributed by atoms with E-state index in [9.17, 15) is 13.2 Å². The number of hydrogen-bond acceptors (Lipinski definition) is 7. The molecule has 5 rings (SSSR count). The predicted octanol–water partition coefficient (Wildman–Crippen LogP) is 4.78. The van der Waals surface area contributed by atoms with Gasteiger partial charge in [0, 0.05) is 6.54 Å². The average Bonchev–Trinajstić information content (AvgIpc) is 3.48. The lowest BCUT2D eigenvalue weighted by molar-refractivity contribution is -0.146. The van der Waals surface area contributed by atoms with Gasteiger partial charge in [0.2, 0.25) is 0 Å². The second-order valence-corrected chi connectivity index (χ2v) is 11.6. The topological polar surface area (TPSA) is 76.6 Å². The zero-order chi connectivity index (χ0) is 22.1. The SMILES string of the molecule is O=C(CC1c2ccccc2CCN1S(=O)(=O)c1cccs1)OCc1nc2ccccc2s1. The number of esters is 1. The third-order valence-electron chi connectivity index (χ3n) is 5.48. The molecule has 164 valence electrons. The molecule has 0 amide bonds. The molecule has 0 radical (unpaired) electrons. The third-order valence-corrected chi connectivity index (χ3v) is 9.77. The first-order valence-electron chi connectivity index (χ1n) is 10.2.